The molecule has 0 amide bonds. The van der Waals surface area contributed by atoms with Gasteiger partial charge in [0.15, 0.2) is 0 Å². The summed E-state index contributed by atoms with van der Waals surface area (Å²) in [7, 11) is 1.33. The number of rotatable bonds is 49. The highest BCUT2D eigenvalue weighted by Crippen LogP contribution is 2.38. The zero-order valence-corrected chi connectivity index (χ0v) is 44.7. The average Bonchev–Trinajstić information content (AvgIpc) is 3.29. The fraction of sp³-hybridized carbons (Fsp3) is 0.707. The Hall–Kier alpha value is -2.58. The third-order valence-corrected chi connectivity index (χ3v) is 12.1. The molecule has 0 bridgehead atoms. The lowest BCUT2D eigenvalue weighted by Crippen LogP contribution is -2.37. The highest BCUT2D eigenvalue weighted by Gasteiger charge is 2.20. The maximum atomic E-state index is 12.8. The minimum Gasteiger partial charge on any atom is -0.756 e. The van der Waals surface area contributed by atoms with Crippen molar-refractivity contribution in [2.24, 2.45) is 0 Å². The zero-order valence-electron chi connectivity index (χ0n) is 43.8. The number of phosphoric acid groups is 1. The number of likely N-dealkylation sites (N-methyl/N-ethyl adjacent to an activating group) is 1. The van der Waals surface area contributed by atoms with Crippen molar-refractivity contribution in [1.82, 2.24) is 0 Å². The van der Waals surface area contributed by atoms with Gasteiger partial charge in [-0.2, -0.15) is 0 Å². The van der Waals surface area contributed by atoms with Crippen molar-refractivity contribution in [3.8, 4) is 0 Å². The van der Waals surface area contributed by atoms with Gasteiger partial charge in [-0.1, -0.05) is 201 Å². The molecule has 9 heteroatoms. The molecule has 2 atom stereocenters. The molecule has 0 saturated heterocycles. The molecule has 0 aromatic rings. The van der Waals surface area contributed by atoms with Crippen LogP contribution in [-0.4, -0.2) is 70.7 Å². The molecule has 0 rings (SSSR count). The lowest BCUT2D eigenvalue weighted by Gasteiger charge is -2.28. The Labute approximate surface area is 413 Å². The van der Waals surface area contributed by atoms with E-state index in [1.165, 1.54) is 96.3 Å². The maximum Gasteiger partial charge on any atom is 0.306 e. The van der Waals surface area contributed by atoms with Crippen molar-refractivity contribution in [2.45, 2.75) is 213 Å². The molecule has 0 saturated carbocycles. The topological polar surface area (TPSA) is 94.1 Å². The molecular formula is C58H102NO7P. The Morgan fingerprint density at radius 2 is 0.866 bits per heavy atom. The third kappa shape index (κ3) is 54.2. The van der Waals surface area contributed by atoms with E-state index >= 15 is 0 Å². The average molecular weight is 956 g/mol. The van der Waals surface area contributed by atoms with Crippen LogP contribution >= 0.6 is 7.82 Å². The lowest BCUT2D eigenvalue weighted by molar-refractivity contribution is -0.870. The first-order valence-electron chi connectivity index (χ1n) is 27.0. The molecule has 386 valence electrons. The van der Waals surface area contributed by atoms with E-state index in [4.69, 9.17) is 18.5 Å². The molecule has 0 radical (unpaired) electrons. The van der Waals surface area contributed by atoms with E-state index in [0.29, 0.717) is 24.1 Å². The van der Waals surface area contributed by atoms with Crippen LogP contribution in [0.3, 0.4) is 0 Å². The molecule has 0 aromatic heterocycles. The van der Waals surface area contributed by atoms with Crippen LogP contribution in [0.5, 0.6) is 0 Å². The summed E-state index contributed by atoms with van der Waals surface area (Å²) in [5, 5.41) is 0. The molecule has 0 aliphatic rings. The molecule has 0 spiro atoms. The smallest absolute Gasteiger partial charge is 0.306 e. The number of unbranched alkanes of at least 4 members (excludes halogenated alkanes) is 19. The van der Waals surface area contributed by atoms with Gasteiger partial charge in [-0.25, -0.2) is 0 Å². The number of nitrogens with zero attached hydrogens (tertiary/aromatic N) is 1. The van der Waals surface area contributed by atoms with Crippen molar-refractivity contribution >= 4 is 13.8 Å². The van der Waals surface area contributed by atoms with E-state index < -0.39 is 13.9 Å². The number of esters is 1. The van der Waals surface area contributed by atoms with Gasteiger partial charge in [-0.05, 0) is 96.3 Å². The monoisotopic (exact) mass is 956 g/mol. The number of allylic oxidation sites excluding steroid dienone is 16. The first kappa shape index (κ1) is 64.4. The molecule has 67 heavy (non-hydrogen) atoms. The van der Waals surface area contributed by atoms with Gasteiger partial charge >= 0.3 is 5.97 Å². The minimum absolute atomic E-state index is 0.0174. The van der Waals surface area contributed by atoms with Gasteiger partial charge in [0.2, 0.25) is 0 Å². The SMILES string of the molecule is CC/C=C\C/C=C\C/C=C\C/C=C\C/C=C\CCCCCCCCCCCCOCC(COP(=O)([O-])OCC[N+](C)(C)C)OC(=O)CCCCCCCC/C=C\C/C=C\C/C=C\CCCCC. The van der Waals surface area contributed by atoms with Crippen molar-refractivity contribution < 1.29 is 37.3 Å². The summed E-state index contributed by atoms with van der Waals surface area (Å²) in [5.41, 5.74) is 0. The number of hydrogen-bond acceptors (Lipinski definition) is 7. The highest BCUT2D eigenvalue weighted by molar-refractivity contribution is 7.45. The fourth-order valence-corrected chi connectivity index (χ4v) is 7.72. The summed E-state index contributed by atoms with van der Waals surface area (Å²) in [6.07, 6.45) is 68.6. The van der Waals surface area contributed by atoms with Crippen molar-refractivity contribution in [1.29, 1.82) is 0 Å². The predicted octanol–water partition coefficient (Wildman–Crippen LogP) is 16.3. The molecule has 0 N–H and O–H groups in total. The number of quaternary nitrogens is 1. The highest BCUT2D eigenvalue weighted by atomic mass is 31.2. The Kier molecular flexibility index (Phi) is 47.9. The van der Waals surface area contributed by atoms with Gasteiger partial charge in [0.1, 0.15) is 19.3 Å². The summed E-state index contributed by atoms with van der Waals surface area (Å²) >= 11 is 0. The first-order valence-corrected chi connectivity index (χ1v) is 28.4. The molecule has 0 aliphatic carbocycles. The van der Waals surface area contributed by atoms with Crippen LogP contribution in [0.4, 0.5) is 0 Å². The van der Waals surface area contributed by atoms with E-state index in [-0.39, 0.29) is 25.8 Å². The number of carbonyl (C=O) groups excluding carboxylic acids is 1. The second-order valence-electron chi connectivity index (χ2n) is 18.9. The summed E-state index contributed by atoms with van der Waals surface area (Å²) in [4.78, 5) is 25.2. The number of ether oxygens (including phenoxy) is 2. The van der Waals surface area contributed by atoms with Crippen molar-refractivity contribution in [2.75, 3.05) is 54.1 Å². The molecule has 0 heterocycles. The standard InChI is InChI=1S/C58H102NO7P/c1-6-8-10-12-14-16-18-20-22-24-26-27-28-29-30-31-32-34-36-38-40-42-44-46-48-50-53-63-55-57(56-65-67(61,62)64-54-52-59(3,4)5)66-58(60)51-49-47-45-43-41-39-37-35-33-25-23-21-19-17-15-13-11-9-7-2/h8,10,14-17,20-23,26-27,29-30,33,35,57H,6-7,9,11-13,18-19,24-25,28,31-32,34,36-56H2,1-5H3/b10-8-,16-14-,17-15-,22-20-,23-21-,27-26-,30-29-,35-33-. The summed E-state index contributed by atoms with van der Waals surface area (Å²) < 4.78 is 34.8. The molecule has 0 fully saturated rings. The summed E-state index contributed by atoms with van der Waals surface area (Å²) in [5.74, 6) is -0.351. The maximum absolute atomic E-state index is 12.8. The fourth-order valence-electron chi connectivity index (χ4n) is 6.99. The van der Waals surface area contributed by atoms with Crippen LogP contribution < -0.4 is 4.89 Å². The molecule has 0 aliphatic heterocycles. The molecular weight excluding hydrogens is 854 g/mol. The Morgan fingerprint density at radius 1 is 0.478 bits per heavy atom. The predicted molar refractivity (Wildman–Crippen MR) is 286 cm³/mol. The van der Waals surface area contributed by atoms with Crippen LogP contribution in [0.1, 0.15) is 206 Å². The van der Waals surface area contributed by atoms with Crippen molar-refractivity contribution in [3.05, 3.63) is 97.2 Å². The van der Waals surface area contributed by atoms with E-state index in [1.807, 2.05) is 21.1 Å². The van der Waals surface area contributed by atoms with E-state index in [0.717, 1.165) is 89.9 Å². The van der Waals surface area contributed by atoms with Crippen LogP contribution in [-0.2, 0) is 27.9 Å². The lowest BCUT2D eigenvalue weighted by atomic mass is 10.1. The summed E-state index contributed by atoms with van der Waals surface area (Å²) in [6, 6.07) is 0. The van der Waals surface area contributed by atoms with Gasteiger partial charge in [0.25, 0.3) is 7.82 Å². The van der Waals surface area contributed by atoms with Gasteiger partial charge in [0, 0.05) is 13.0 Å². The van der Waals surface area contributed by atoms with E-state index in [2.05, 4.69) is 111 Å². The molecule has 0 aromatic carbocycles. The second kappa shape index (κ2) is 49.8. The van der Waals surface area contributed by atoms with Gasteiger partial charge in [-0.15, -0.1) is 0 Å². The van der Waals surface area contributed by atoms with Gasteiger partial charge in [-0.3, -0.25) is 9.36 Å². The van der Waals surface area contributed by atoms with Gasteiger partial charge in [0.05, 0.1) is 34.4 Å². The Morgan fingerprint density at radius 3 is 1.30 bits per heavy atom. The van der Waals surface area contributed by atoms with Crippen LogP contribution in [0.25, 0.3) is 0 Å². The summed E-state index contributed by atoms with van der Waals surface area (Å²) in [6.45, 7) is 5.24. The first-order chi connectivity index (χ1) is 32.6. The number of hydrogen-bond donors (Lipinski definition) is 0. The third-order valence-electron chi connectivity index (χ3n) is 11.1. The van der Waals surface area contributed by atoms with Crippen molar-refractivity contribution in [3.63, 3.8) is 0 Å². The van der Waals surface area contributed by atoms with Gasteiger partial charge < -0.3 is 27.9 Å². The zero-order chi connectivity index (χ0) is 49.0. The number of phosphoric ester groups is 1. The minimum atomic E-state index is -4.54. The normalized spacial score (nSPS) is 14.3. The van der Waals surface area contributed by atoms with Crippen LogP contribution in [0, 0.1) is 0 Å². The Balaban J connectivity index is 4.16. The second-order valence-corrected chi connectivity index (χ2v) is 20.3. The largest absolute Gasteiger partial charge is 0.756 e. The van der Waals surface area contributed by atoms with E-state index in [9.17, 15) is 14.3 Å². The molecule has 2 unspecified atom stereocenters. The van der Waals surface area contributed by atoms with Crippen LogP contribution in [0.2, 0.25) is 0 Å². The van der Waals surface area contributed by atoms with E-state index in [1.54, 1.807) is 0 Å². The number of carbonyl (C=O) groups is 1. The molecule has 8 nitrogen and oxygen atoms in total. The Bertz CT molecular complexity index is 1390. The quantitative estimate of drug-likeness (QED) is 0.0197. The van der Waals surface area contributed by atoms with Crippen LogP contribution in [0.15, 0.2) is 97.2 Å².